The van der Waals surface area contributed by atoms with Gasteiger partial charge in [0.2, 0.25) is 0 Å². The van der Waals surface area contributed by atoms with Crippen molar-refractivity contribution < 1.29 is 4.42 Å². The number of allylic oxidation sites excluding steroid dienone is 1. The molecule has 0 N–H and O–H groups in total. The molecule has 3 nitrogen and oxygen atoms in total. The molecule has 0 aliphatic carbocycles. The Bertz CT molecular complexity index is 371. The van der Waals surface area contributed by atoms with Crippen LogP contribution in [0, 0.1) is 29.6 Å². The quantitative estimate of drug-likeness (QED) is 0.587. The Balaban J connectivity index is 3.05. The molecule has 0 saturated heterocycles. The molecule has 0 aliphatic heterocycles. The highest BCUT2D eigenvalue weighted by atomic mass is 16.3. The Kier molecular flexibility index (Phi) is 2.30. The molecule has 12 heavy (non-hydrogen) atoms. The predicted octanol–water partition coefficient (Wildman–Crippen LogP) is 2.02. The standard InChI is InChI=1S/C9H6N2O/c1-7-2-3-12-9(7)4-8(5-10)6-11/h2-4H,1H3. The molecule has 0 fully saturated rings. The van der Waals surface area contributed by atoms with Gasteiger partial charge in [0.15, 0.2) is 0 Å². The van der Waals surface area contributed by atoms with Gasteiger partial charge >= 0.3 is 0 Å². The van der Waals surface area contributed by atoms with Crippen LogP contribution in [0.4, 0.5) is 0 Å². The van der Waals surface area contributed by atoms with Crippen LogP contribution < -0.4 is 0 Å². The summed E-state index contributed by atoms with van der Waals surface area (Å²) in [6.45, 7) is 1.85. The number of nitriles is 2. The summed E-state index contributed by atoms with van der Waals surface area (Å²) < 4.78 is 5.02. The fourth-order valence-corrected chi connectivity index (χ4v) is 0.753. The molecule has 3 heteroatoms. The topological polar surface area (TPSA) is 60.7 Å². The summed E-state index contributed by atoms with van der Waals surface area (Å²) in [6.07, 6.45) is 2.95. The van der Waals surface area contributed by atoms with Crippen molar-refractivity contribution in [2.45, 2.75) is 6.92 Å². The zero-order valence-electron chi connectivity index (χ0n) is 6.53. The van der Waals surface area contributed by atoms with Crippen LogP contribution in [0.1, 0.15) is 11.3 Å². The van der Waals surface area contributed by atoms with Crippen molar-refractivity contribution in [3.05, 3.63) is 29.2 Å². The van der Waals surface area contributed by atoms with Gasteiger partial charge in [0.1, 0.15) is 23.5 Å². The third kappa shape index (κ3) is 1.53. The lowest BCUT2D eigenvalue weighted by atomic mass is 10.2. The maximum absolute atomic E-state index is 8.43. The first-order chi connectivity index (χ1) is 5.77. The molecule has 0 atom stereocenters. The second-order valence-corrected chi connectivity index (χ2v) is 2.25. The van der Waals surface area contributed by atoms with Crippen LogP contribution in [-0.2, 0) is 0 Å². The normalized spacial score (nSPS) is 8.25. The maximum atomic E-state index is 8.43. The first-order valence-electron chi connectivity index (χ1n) is 3.34. The molecule has 0 saturated carbocycles. The van der Waals surface area contributed by atoms with E-state index in [2.05, 4.69) is 0 Å². The lowest BCUT2D eigenvalue weighted by molar-refractivity contribution is 0.555. The minimum absolute atomic E-state index is 0.0491. The Morgan fingerprint density at radius 1 is 1.50 bits per heavy atom. The van der Waals surface area contributed by atoms with Crippen LogP contribution in [0.5, 0.6) is 0 Å². The molecule has 0 spiro atoms. The van der Waals surface area contributed by atoms with E-state index in [1.807, 2.05) is 6.92 Å². The fourth-order valence-electron chi connectivity index (χ4n) is 0.753. The molecule has 1 aromatic heterocycles. The van der Waals surface area contributed by atoms with Crippen molar-refractivity contribution in [3.8, 4) is 12.1 Å². The fraction of sp³-hybridized carbons (Fsp3) is 0.111. The largest absolute Gasteiger partial charge is 0.465 e. The van der Waals surface area contributed by atoms with Gasteiger partial charge in [0.05, 0.1) is 6.26 Å². The lowest BCUT2D eigenvalue weighted by Crippen LogP contribution is -1.74. The number of nitrogens with zero attached hydrogens (tertiary/aromatic N) is 2. The van der Waals surface area contributed by atoms with Gasteiger partial charge in [-0.05, 0) is 18.6 Å². The van der Waals surface area contributed by atoms with E-state index in [9.17, 15) is 0 Å². The highest BCUT2D eigenvalue weighted by Crippen LogP contribution is 2.12. The van der Waals surface area contributed by atoms with Crippen LogP contribution >= 0.6 is 0 Å². The molecule has 0 amide bonds. The van der Waals surface area contributed by atoms with Gasteiger partial charge in [-0.15, -0.1) is 0 Å². The molecule has 0 aliphatic rings. The van der Waals surface area contributed by atoms with Gasteiger partial charge in [0.25, 0.3) is 0 Å². The smallest absolute Gasteiger partial charge is 0.133 e. The molecule has 1 rings (SSSR count). The van der Waals surface area contributed by atoms with Crippen molar-refractivity contribution in [3.63, 3.8) is 0 Å². The average molecular weight is 158 g/mol. The monoisotopic (exact) mass is 158 g/mol. The number of hydrogen-bond donors (Lipinski definition) is 0. The zero-order valence-corrected chi connectivity index (χ0v) is 6.53. The highest BCUT2D eigenvalue weighted by molar-refractivity contribution is 5.60. The summed E-state index contributed by atoms with van der Waals surface area (Å²) in [6, 6.07) is 5.29. The van der Waals surface area contributed by atoms with Gasteiger partial charge in [-0.25, -0.2) is 0 Å². The van der Waals surface area contributed by atoms with Crippen LogP contribution in [0.3, 0.4) is 0 Å². The van der Waals surface area contributed by atoms with Crippen LogP contribution in [0.15, 0.2) is 22.3 Å². The first-order valence-corrected chi connectivity index (χ1v) is 3.34. The molecule has 0 unspecified atom stereocenters. The number of hydrogen-bond acceptors (Lipinski definition) is 3. The summed E-state index contributed by atoms with van der Waals surface area (Å²) in [5, 5.41) is 16.9. The molecule has 1 aromatic rings. The van der Waals surface area contributed by atoms with E-state index in [4.69, 9.17) is 14.9 Å². The number of furan rings is 1. The van der Waals surface area contributed by atoms with Gasteiger partial charge < -0.3 is 4.42 Å². The first kappa shape index (κ1) is 8.10. The van der Waals surface area contributed by atoms with Crippen LogP contribution in [0.2, 0.25) is 0 Å². The van der Waals surface area contributed by atoms with E-state index < -0.39 is 0 Å². The van der Waals surface area contributed by atoms with Crippen molar-refractivity contribution >= 4 is 6.08 Å². The predicted molar refractivity (Wildman–Crippen MR) is 42.6 cm³/mol. The van der Waals surface area contributed by atoms with E-state index in [0.29, 0.717) is 5.76 Å². The summed E-state index contributed by atoms with van der Waals surface area (Å²) >= 11 is 0. The second kappa shape index (κ2) is 3.41. The molecular weight excluding hydrogens is 152 g/mol. The van der Waals surface area contributed by atoms with E-state index in [0.717, 1.165) is 5.56 Å². The Morgan fingerprint density at radius 2 is 2.17 bits per heavy atom. The van der Waals surface area contributed by atoms with E-state index >= 15 is 0 Å². The summed E-state index contributed by atoms with van der Waals surface area (Å²) in [5.41, 5.74) is 0.964. The Labute approximate surface area is 70.1 Å². The van der Waals surface area contributed by atoms with Gasteiger partial charge in [-0.3, -0.25) is 0 Å². The van der Waals surface area contributed by atoms with Gasteiger partial charge in [-0.2, -0.15) is 10.5 Å². The van der Waals surface area contributed by atoms with Crippen LogP contribution in [-0.4, -0.2) is 0 Å². The second-order valence-electron chi connectivity index (χ2n) is 2.25. The molecule has 0 aromatic carbocycles. The van der Waals surface area contributed by atoms with Gasteiger partial charge in [-0.1, -0.05) is 0 Å². The maximum Gasteiger partial charge on any atom is 0.133 e. The summed E-state index contributed by atoms with van der Waals surface area (Å²) in [4.78, 5) is 0. The third-order valence-electron chi connectivity index (χ3n) is 1.42. The van der Waals surface area contributed by atoms with Crippen molar-refractivity contribution in [2.24, 2.45) is 0 Å². The van der Waals surface area contributed by atoms with Crippen molar-refractivity contribution in [1.82, 2.24) is 0 Å². The summed E-state index contributed by atoms with van der Waals surface area (Å²) in [7, 11) is 0. The average Bonchev–Trinajstić information content (AvgIpc) is 2.47. The highest BCUT2D eigenvalue weighted by Gasteiger charge is 1.99. The van der Waals surface area contributed by atoms with Crippen molar-refractivity contribution in [2.75, 3.05) is 0 Å². The molecule has 58 valence electrons. The molecule has 1 heterocycles. The minimum atomic E-state index is 0.0491. The van der Waals surface area contributed by atoms with E-state index in [-0.39, 0.29) is 5.57 Å². The number of aryl methyl sites for hydroxylation is 1. The van der Waals surface area contributed by atoms with Crippen LogP contribution in [0.25, 0.3) is 6.08 Å². The Morgan fingerprint density at radius 3 is 2.58 bits per heavy atom. The van der Waals surface area contributed by atoms with E-state index in [1.54, 1.807) is 18.2 Å². The Hall–Kier alpha value is -2.00. The number of rotatable bonds is 1. The van der Waals surface area contributed by atoms with Gasteiger partial charge in [0, 0.05) is 6.08 Å². The minimum Gasteiger partial charge on any atom is -0.465 e. The molecule has 0 radical (unpaired) electrons. The SMILES string of the molecule is Cc1ccoc1C=C(C#N)C#N. The summed E-state index contributed by atoms with van der Waals surface area (Å²) in [5.74, 6) is 0.563. The molecule has 0 bridgehead atoms. The zero-order chi connectivity index (χ0) is 8.97. The molecular formula is C9H6N2O. The third-order valence-corrected chi connectivity index (χ3v) is 1.42. The van der Waals surface area contributed by atoms with Crippen molar-refractivity contribution in [1.29, 1.82) is 10.5 Å². The lowest BCUT2D eigenvalue weighted by Gasteiger charge is -1.86. The van der Waals surface area contributed by atoms with E-state index in [1.165, 1.54) is 12.3 Å².